The van der Waals surface area contributed by atoms with E-state index in [9.17, 15) is 14.9 Å². The summed E-state index contributed by atoms with van der Waals surface area (Å²) in [6.45, 7) is 6.63. The molecule has 8 nitrogen and oxygen atoms in total. The van der Waals surface area contributed by atoms with E-state index in [4.69, 9.17) is 4.74 Å². The van der Waals surface area contributed by atoms with Crippen LogP contribution in [0.2, 0.25) is 0 Å². The Morgan fingerprint density at radius 1 is 1.14 bits per heavy atom. The summed E-state index contributed by atoms with van der Waals surface area (Å²) < 4.78 is 5.72. The molecule has 0 bridgehead atoms. The molecule has 1 aliphatic heterocycles. The van der Waals surface area contributed by atoms with Gasteiger partial charge in [0.15, 0.2) is 0 Å². The number of non-ortho nitro benzene ring substituents is 1. The third kappa shape index (κ3) is 5.62. The zero-order chi connectivity index (χ0) is 24.8. The summed E-state index contributed by atoms with van der Waals surface area (Å²) in [4.78, 5) is 25.8. The molecule has 1 aliphatic rings. The second-order valence-corrected chi connectivity index (χ2v) is 8.16. The number of hydrogen-bond acceptors (Lipinski definition) is 6. The number of nitro groups is 1. The Labute approximate surface area is 203 Å². The van der Waals surface area contributed by atoms with Gasteiger partial charge >= 0.3 is 0 Å². The van der Waals surface area contributed by atoms with Crippen molar-refractivity contribution in [1.82, 2.24) is 9.91 Å². The van der Waals surface area contributed by atoms with Gasteiger partial charge in [-0.05, 0) is 47.9 Å². The molecule has 1 saturated heterocycles. The quantitative estimate of drug-likeness (QED) is 0.192. The van der Waals surface area contributed by atoms with E-state index in [2.05, 4.69) is 16.6 Å². The number of hydrazone groups is 1. The summed E-state index contributed by atoms with van der Waals surface area (Å²) in [6.07, 6.45) is 1.24. The largest absolute Gasteiger partial charge is 0.490 e. The van der Waals surface area contributed by atoms with Gasteiger partial charge in [0.1, 0.15) is 18.5 Å². The predicted octanol–water partition coefficient (Wildman–Crippen LogP) is 4.93. The van der Waals surface area contributed by atoms with Crippen molar-refractivity contribution < 1.29 is 14.5 Å². The summed E-state index contributed by atoms with van der Waals surface area (Å²) in [5.74, 6) is 0.544. The molecule has 0 radical (unpaired) electrons. The van der Waals surface area contributed by atoms with Crippen molar-refractivity contribution in [2.45, 2.75) is 19.6 Å². The third-order valence-electron chi connectivity index (χ3n) is 5.68. The second-order valence-electron chi connectivity index (χ2n) is 8.16. The lowest BCUT2D eigenvalue weighted by Gasteiger charge is -2.28. The van der Waals surface area contributed by atoms with Crippen LogP contribution in [-0.2, 0) is 11.3 Å². The molecular weight excluding hydrogens is 444 g/mol. The number of ether oxygens (including phenoxy) is 1. The molecule has 1 fully saturated rings. The lowest BCUT2D eigenvalue weighted by atomic mass is 10.1. The van der Waals surface area contributed by atoms with Crippen molar-refractivity contribution in [2.75, 3.05) is 13.2 Å². The van der Waals surface area contributed by atoms with E-state index in [1.165, 1.54) is 17.1 Å². The smallest absolute Gasteiger partial charge is 0.269 e. The molecule has 0 aromatic heterocycles. The molecule has 4 rings (SSSR count). The average molecular weight is 471 g/mol. The van der Waals surface area contributed by atoms with Crippen LogP contribution in [0.1, 0.15) is 29.8 Å². The summed E-state index contributed by atoms with van der Waals surface area (Å²) in [6, 6.07) is 23.7. The van der Waals surface area contributed by atoms with Crippen molar-refractivity contribution in [3.8, 4) is 5.75 Å². The predicted molar refractivity (Wildman–Crippen MR) is 134 cm³/mol. The molecule has 1 heterocycles. The van der Waals surface area contributed by atoms with Crippen LogP contribution < -0.4 is 4.74 Å². The minimum atomic E-state index is -0.445. The topological polar surface area (TPSA) is 88.3 Å². The number of carbonyl (C=O) groups is 1. The molecule has 1 amide bonds. The minimum absolute atomic E-state index is 0.00190. The summed E-state index contributed by atoms with van der Waals surface area (Å²) in [5, 5.41) is 17.2. The molecule has 8 heteroatoms. The van der Waals surface area contributed by atoms with Gasteiger partial charge in [0.25, 0.3) is 11.6 Å². The summed E-state index contributed by atoms with van der Waals surface area (Å²) in [7, 11) is 0. The maximum absolute atomic E-state index is 13.2. The number of rotatable bonds is 9. The highest BCUT2D eigenvalue weighted by Gasteiger charge is 2.39. The van der Waals surface area contributed by atoms with Crippen LogP contribution in [0.5, 0.6) is 5.75 Å². The van der Waals surface area contributed by atoms with Gasteiger partial charge in [-0.1, -0.05) is 55.1 Å². The minimum Gasteiger partial charge on any atom is -0.490 e. The summed E-state index contributed by atoms with van der Waals surface area (Å²) >= 11 is 0. The molecule has 0 spiro atoms. The average Bonchev–Trinajstić information content (AvgIpc) is 3.17. The van der Waals surface area contributed by atoms with Crippen molar-refractivity contribution in [3.05, 3.63) is 118 Å². The summed E-state index contributed by atoms with van der Waals surface area (Å²) in [5.41, 5.74) is 3.24. The first-order valence-electron chi connectivity index (χ1n) is 11.2. The zero-order valence-electron chi connectivity index (χ0n) is 19.4. The van der Waals surface area contributed by atoms with Crippen LogP contribution in [0.3, 0.4) is 0 Å². The lowest BCUT2D eigenvalue weighted by Crippen LogP contribution is -2.29. The van der Waals surface area contributed by atoms with Crippen molar-refractivity contribution in [1.29, 1.82) is 0 Å². The molecule has 0 unspecified atom stereocenters. The van der Waals surface area contributed by atoms with Crippen LogP contribution >= 0.6 is 0 Å². The first-order valence-corrected chi connectivity index (χ1v) is 11.2. The van der Waals surface area contributed by atoms with Crippen LogP contribution in [-0.4, -0.2) is 39.6 Å². The van der Waals surface area contributed by atoms with Gasteiger partial charge in [-0.2, -0.15) is 5.10 Å². The van der Waals surface area contributed by atoms with Gasteiger partial charge in [-0.25, -0.2) is 5.01 Å². The molecule has 3 aromatic carbocycles. The van der Waals surface area contributed by atoms with Gasteiger partial charge in [0, 0.05) is 18.7 Å². The van der Waals surface area contributed by atoms with E-state index in [0.717, 1.165) is 11.1 Å². The fourth-order valence-electron chi connectivity index (χ4n) is 4.01. The van der Waals surface area contributed by atoms with Crippen molar-refractivity contribution in [2.24, 2.45) is 5.10 Å². The highest BCUT2D eigenvalue weighted by molar-refractivity contribution is 5.99. The van der Waals surface area contributed by atoms with E-state index < -0.39 is 11.1 Å². The van der Waals surface area contributed by atoms with Crippen molar-refractivity contribution in [3.63, 3.8) is 0 Å². The van der Waals surface area contributed by atoms with E-state index in [1.54, 1.807) is 25.1 Å². The first kappa shape index (κ1) is 23.8. The van der Waals surface area contributed by atoms with Gasteiger partial charge in [-0.15, -0.1) is 0 Å². The number of hydrogen-bond donors (Lipinski definition) is 0. The fourth-order valence-corrected chi connectivity index (χ4v) is 4.01. The molecule has 0 N–H and O–H groups in total. The van der Waals surface area contributed by atoms with Crippen molar-refractivity contribution >= 4 is 17.3 Å². The Bertz CT molecular complexity index is 1240. The Morgan fingerprint density at radius 3 is 2.57 bits per heavy atom. The lowest BCUT2D eigenvalue weighted by molar-refractivity contribution is -0.384. The standard InChI is InChI=1S/C27H26N4O4/c1-3-16-35-25-11-7-10-23(17-25)27-29(18-21-8-5-4-6-9-21)19-26(32)30(27)28-20(2)22-12-14-24(15-13-22)31(33)34/h3-15,17,27H,1,16,18-19H2,2H3/b28-20-/t27-/m1/s1. The Morgan fingerprint density at radius 2 is 1.89 bits per heavy atom. The number of nitrogens with zero attached hydrogens (tertiary/aromatic N) is 4. The van der Waals surface area contributed by atoms with Gasteiger partial charge in [0.2, 0.25) is 0 Å². The second kappa shape index (κ2) is 10.8. The number of benzene rings is 3. The fraction of sp³-hybridized carbons (Fsp3) is 0.185. The highest BCUT2D eigenvalue weighted by Crippen LogP contribution is 2.34. The molecule has 0 saturated carbocycles. The Balaban J connectivity index is 1.69. The zero-order valence-corrected chi connectivity index (χ0v) is 19.4. The third-order valence-corrected chi connectivity index (χ3v) is 5.68. The Hall–Kier alpha value is -4.30. The van der Waals surface area contributed by atoms with Gasteiger partial charge in [-0.3, -0.25) is 19.8 Å². The van der Waals surface area contributed by atoms with Gasteiger partial charge in [0.05, 0.1) is 17.2 Å². The molecular formula is C27H26N4O4. The molecule has 178 valence electrons. The maximum atomic E-state index is 13.2. The number of amides is 1. The molecule has 0 aliphatic carbocycles. The number of carbonyl (C=O) groups excluding carboxylic acids is 1. The van der Waals surface area contributed by atoms with Crippen LogP contribution in [0.4, 0.5) is 5.69 Å². The van der Waals surface area contributed by atoms with E-state index >= 15 is 0 Å². The molecule has 1 atom stereocenters. The SMILES string of the molecule is C=CCOc1cccc([C@@H]2N(Cc3ccccc3)CC(=O)N2/N=C(/C)c2ccc([N+](=O)[O-])cc2)c1. The van der Waals surface area contributed by atoms with Gasteiger partial charge < -0.3 is 4.74 Å². The van der Waals surface area contributed by atoms with E-state index in [0.29, 0.717) is 30.2 Å². The molecule has 35 heavy (non-hydrogen) atoms. The normalized spacial score (nSPS) is 16.4. The highest BCUT2D eigenvalue weighted by atomic mass is 16.6. The number of nitro benzene ring substituents is 1. The van der Waals surface area contributed by atoms with Crippen LogP contribution in [0.25, 0.3) is 0 Å². The first-order chi connectivity index (χ1) is 17.0. The van der Waals surface area contributed by atoms with Crippen LogP contribution in [0.15, 0.2) is 96.6 Å². The maximum Gasteiger partial charge on any atom is 0.269 e. The van der Waals surface area contributed by atoms with E-state index in [1.807, 2.05) is 54.6 Å². The van der Waals surface area contributed by atoms with E-state index in [-0.39, 0.29) is 18.1 Å². The molecule has 3 aromatic rings. The monoisotopic (exact) mass is 470 g/mol. The Kier molecular flexibility index (Phi) is 7.32. The van der Waals surface area contributed by atoms with Crippen LogP contribution in [0, 0.1) is 10.1 Å².